The van der Waals surface area contributed by atoms with Gasteiger partial charge in [0.05, 0.1) is 20.3 Å². The second kappa shape index (κ2) is 12.0. The van der Waals surface area contributed by atoms with Gasteiger partial charge in [0.2, 0.25) is 0 Å². The zero-order valence-electron chi connectivity index (χ0n) is 14.2. The van der Waals surface area contributed by atoms with Crippen LogP contribution in [0.3, 0.4) is 0 Å². The molecule has 6 heteroatoms. The van der Waals surface area contributed by atoms with Gasteiger partial charge >= 0.3 is 0 Å². The van der Waals surface area contributed by atoms with Crippen molar-refractivity contribution in [2.45, 2.75) is 26.7 Å². The van der Waals surface area contributed by atoms with Gasteiger partial charge < -0.3 is 20.5 Å². The third-order valence-electron chi connectivity index (χ3n) is 3.00. The van der Waals surface area contributed by atoms with Crippen LogP contribution in [0.15, 0.2) is 35.3 Å². The highest BCUT2D eigenvalue weighted by Gasteiger charge is 2.05. The fourth-order valence-corrected chi connectivity index (χ4v) is 1.93. The Bertz CT molecular complexity index is 519. The molecule has 0 bridgehead atoms. The van der Waals surface area contributed by atoms with E-state index in [-0.39, 0.29) is 24.0 Å². The number of guanidine groups is 1. The molecule has 0 heterocycles. The Kier molecular flexibility index (Phi) is 11.3. The molecule has 0 spiro atoms. The summed E-state index contributed by atoms with van der Waals surface area (Å²) in [5, 5.41) is 3.10. The molecule has 0 aliphatic heterocycles. The van der Waals surface area contributed by atoms with Gasteiger partial charge in [0, 0.05) is 6.54 Å². The number of rotatable bonds is 9. The predicted molar refractivity (Wildman–Crippen MR) is 107 cm³/mol. The van der Waals surface area contributed by atoms with Crippen LogP contribution in [0, 0.1) is 0 Å². The summed E-state index contributed by atoms with van der Waals surface area (Å²) >= 11 is 0. The summed E-state index contributed by atoms with van der Waals surface area (Å²) < 4.78 is 10.9. The minimum absolute atomic E-state index is 0. The monoisotopic (exact) mass is 433 g/mol. The van der Waals surface area contributed by atoms with E-state index in [2.05, 4.69) is 23.0 Å². The number of nitrogens with two attached hydrogens (primary N) is 1. The van der Waals surface area contributed by atoms with E-state index in [0.29, 0.717) is 19.1 Å². The molecule has 0 atom stereocenters. The first-order valence-electron chi connectivity index (χ1n) is 7.54. The number of halogens is 1. The van der Waals surface area contributed by atoms with Gasteiger partial charge in [-0.25, -0.2) is 4.99 Å². The first-order valence-corrected chi connectivity index (χ1v) is 7.54. The maximum atomic E-state index is 5.76. The molecule has 0 aliphatic carbocycles. The lowest BCUT2D eigenvalue weighted by atomic mass is 10.1. The number of hydrogen-bond donors (Lipinski definition) is 2. The Morgan fingerprint density at radius 1 is 1.35 bits per heavy atom. The van der Waals surface area contributed by atoms with E-state index in [1.807, 2.05) is 26.0 Å². The lowest BCUT2D eigenvalue weighted by molar-refractivity contribution is 0.310. The third kappa shape index (κ3) is 8.68. The van der Waals surface area contributed by atoms with Crippen molar-refractivity contribution in [2.24, 2.45) is 10.7 Å². The smallest absolute Gasteiger partial charge is 0.188 e. The van der Waals surface area contributed by atoms with Crippen LogP contribution in [-0.2, 0) is 6.42 Å². The molecular weight excluding hydrogens is 405 g/mol. The van der Waals surface area contributed by atoms with E-state index >= 15 is 0 Å². The number of benzene rings is 1. The van der Waals surface area contributed by atoms with Gasteiger partial charge in [0.15, 0.2) is 17.5 Å². The zero-order valence-corrected chi connectivity index (χ0v) is 16.6. The Hall–Kier alpha value is -1.44. The second-order valence-electron chi connectivity index (χ2n) is 5.11. The molecule has 1 rings (SSSR count). The van der Waals surface area contributed by atoms with E-state index in [4.69, 9.17) is 15.2 Å². The molecule has 23 heavy (non-hydrogen) atoms. The minimum atomic E-state index is 0. The highest BCUT2D eigenvalue weighted by atomic mass is 127. The summed E-state index contributed by atoms with van der Waals surface area (Å²) in [6.45, 7) is 9.64. The van der Waals surface area contributed by atoms with Gasteiger partial charge in [-0.1, -0.05) is 18.2 Å². The van der Waals surface area contributed by atoms with Gasteiger partial charge in [-0.3, -0.25) is 0 Å². The van der Waals surface area contributed by atoms with Gasteiger partial charge in [0.1, 0.15) is 0 Å². The standard InChI is InChI=1S/C17H27N3O2.HI/c1-5-22-16-11-14(8-9-15(16)21-4)7-6-10-19-17(18)20-12-13(2)3;/h8-9,11H,2,5-7,10,12H2,1,3-4H3,(H3,18,19,20);1H. The van der Waals surface area contributed by atoms with Crippen LogP contribution < -0.4 is 20.5 Å². The van der Waals surface area contributed by atoms with Crippen LogP contribution in [0.1, 0.15) is 25.8 Å². The molecule has 0 aliphatic rings. The fourth-order valence-electron chi connectivity index (χ4n) is 1.93. The van der Waals surface area contributed by atoms with Crippen molar-refractivity contribution >= 4 is 29.9 Å². The van der Waals surface area contributed by atoms with E-state index in [9.17, 15) is 0 Å². The van der Waals surface area contributed by atoms with E-state index in [1.54, 1.807) is 7.11 Å². The first-order chi connectivity index (χ1) is 10.6. The molecule has 0 fully saturated rings. The molecule has 0 aromatic heterocycles. The summed E-state index contributed by atoms with van der Waals surface area (Å²) in [5.41, 5.74) is 7.97. The van der Waals surface area contributed by atoms with Crippen molar-refractivity contribution in [2.75, 3.05) is 26.8 Å². The average molecular weight is 433 g/mol. The Labute approximate surface area is 156 Å². The van der Waals surface area contributed by atoms with Crippen molar-refractivity contribution in [3.8, 4) is 11.5 Å². The molecule has 1 aromatic carbocycles. The third-order valence-corrected chi connectivity index (χ3v) is 3.00. The zero-order chi connectivity index (χ0) is 16.4. The number of nitrogens with zero attached hydrogens (tertiary/aromatic N) is 1. The summed E-state index contributed by atoms with van der Waals surface area (Å²) in [4.78, 5) is 4.18. The number of hydrogen-bond acceptors (Lipinski definition) is 3. The Morgan fingerprint density at radius 3 is 2.70 bits per heavy atom. The number of aliphatic imine (C=N–C) groups is 1. The van der Waals surface area contributed by atoms with Crippen molar-refractivity contribution in [3.05, 3.63) is 35.9 Å². The largest absolute Gasteiger partial charge is 0.493 e. The van der Waals surface area contributed by atoms with E-state index in [0.717, 1.165) is 36.5 Å². The van der Waals surface area contributed by atoms with Crippen molar-refractivity contribution in [1.29, 1.82) is 0 Å². The topological polar surface area (TPSA) is 68.9 Å². The van der Waals surface area contributed by atoms with Crippen molar-refractivity contribution in [3.63, 3.8) is 0 Å². The van der Waals surface area contributed by atoms with Crippen LogP contribution in [0.5, 0.6) is 11.5 Å². The van der Waals surface area contributed by atoms with E-state index in [1.165, 1.54) is 5.56 Å². The van der Waals surface area contributed by atoms with Crippen LogP contribution in [0.25, 0.3) is 0 Å². The molecular formula is C17H28IN3O2. The second-order valence-corrected chi connectivity index (χ2v) is 5.11. The molecule has 0 amide bonds. The van der Waals surface area contributed by atoms with Gasteiger partial charge in [0.25, 0.3) is 0 Å². The van der Waals surface area contributed by atoms with Crippen molar-refractivity contribution in [1.82, 2.24) is 5.32 Å². The maximum absolute atomic E-state index is 5.76. The van der Waals surface area contributed by atoms with Crippen molar-refractivity contribution < 1.29 is 9.47 Å². The van der Waals surface area contributed by atoms with Crippen LogP contribution in [-0.4, -0.2) is 32.8 Å². The van der Waals surface area contributed by atoms with Crippen LogP contribution >= 0.6 is 24.0 Å². The average Bonchev–Trinajstić information content (AvgIpc) is 2.50. The highest BCUT2D eigenvalue weighted by Crippen LogP contribution is 2.28. The first kappa shape index (κ1) is 21.6. The SMILES string of the molecule is C=C(C)CN=C(N)NCCCc1ccc(OC)c(OCC)c1.I. The van der Waals surface area contributed by atoms with Crippen LogP contribution in [0.4, 0.5) is 0 Å². The molecule has 130 valence electrons. The quantitative estimate of drug-likeness (QED) is 0.207. The lowest BCUT2D eigenvalue weighted by Gasteiger charge is -2.11. The number of aryl methyl sites for hydroxylation is 1. The normalized spacial score (nSPS) is 10.7. The molecule has 0 unspecified atom stereocenters. The van der Waals surface area contributed by atoms with Gasteiger partial charge in [-0.15, -0.1) is 24.0 Å². The summed E-state index contributed by atoms with van der Waals surface area (Å²) in [6, 6.07) is 6.02. The summed E-state index contributed by atoms with van der Waals surface area (Å²) in [5.74, 6) is 2.02. The highest BCUT2D eigenvalue weighted by molar-refractivity contribution is 14.0. The summed E-state index contributed by atoms with van der Waals surface area (Å²) in [6.07, 6.45) is 1.89. The molecule has 1 aromatic rings. The molecule has 0 saturated carbocycles. The molecule has 3 N–H and O–H groups in total. The minimum Gasteiger partial charge on any atom is -0.493 e. The number of ether oxygens (including phenoxy) is 2. The number of methoxy groups -OCH3 is 1. The molecule has 5 nitrogen and oxygen atoms in total. The fraction of sp³-hybridized carbons (Fsp3) is 0.471. The Morgan fingerprint density at radius 2 is 2.09 bits per heavy atom. The van der Waals surface area contributed by atoms with E-state index < -0.39 is 0 Å². The summed E-state index contributed by atoms with van der Waals surface area (Å²) in [7, 11) is 1.65. The van der Waals surface area contributed by atoms with Crippen LogP contribution in [0.2, 0.25) is 0 Å². The molecule has 0 saturated heterocycles. The van der Waals surface area contributed by atoms with Gasteiger partial charge in [-0.2, -0.15) is 0 Å². The van der Waals surface area contributed by atoms with Gasteiger partial charge in [-0.05, 0) is 44.4 Å². The lowest BCUT2D eigenvalue weighted by Crippen LogP contribution is -2.32. The molecule has 0 radical (unpaired) electrons. The maximum Gasteiger partial charge on any atom is 0.188 e. The Balaban J connectivity index is 0.00000484. The number of nitrogens with one attached hydrogen (secondary N) is 1. The predicted octanol–water partition coefficient (Wildman–Crippen LogP) is 3.12.